The second-order valence-electron chi connectivity index (χ2n) is 6.21. The number of piperidine rings is 1. The van der Waals surface area contributed by atoms with Gasteiger partial charge in [-0.3, -0.25) is 9.58 Å². The fraction of sp³-hybridized carbons (Fsp3) is 0.643. The van der Waals surface area contributed by atoms with Crippen LogP contribution in [0.2, 0.25) is 0 Å². The molecule has 21 heavy (non-hydrogen) atoms. The number of aryl methyl sites for hydroxylation is 1. The highest BCUT2D eigenvalue weighted by Crippen LogP contribution is 2.36. The summed E-state index contributed by atoms with van der Waals surface area (Å²) in [4.78, 5) is 11.5. The van der Waals surface area contributed by atoms with E-state index in [1.807, 2.05) is 7.05 Å². The SMILES string of the molecule is Cn1ncc2c(N)nc(CN3C4CCC3CC(O)C4)nc21. The van der Waals surface area contributed by atoms with Gasteiger partial charge in [0.05, 0.1) is 24.2 Å². The van der Waals surface area contributed by atoms with Crippen LogP contribution in [0.15, 0.2) is 6.20 Å². The minimum atomic E-state index is -0.149. The van der Waals surface area contributed by atoms with Crippen LogP contribution in [0.5, 0.6) is 0 Å². The first-order chi connectivity index (χ1) is 10.1. The number of aromatic nitrogens is 4. The van der Waals surface area contributed by atoms with E-state index in [4.69, 9.17) is 5.73 Å². The van der Waals surface area contributed by atoms with E-state index < -0.39 is 0 Å². The molecule has 0 aromatic carbocycles. The molecule has 2 aliphatic rings. The van der Waals surface area contributed by atoms with Crippen molar-refractivity contribution in [3.05, 3.63) is 12.0 Å². The number of nitrogens with two attached hydrogens (primary N) is 1. The molecule has 2 aromatic rings. The lowest BCUT2D eigenvalue weighted by molar-refractivity contribution is 0.0297. The Labute approximate surface area is 122 Å². The van der Waals surface area contributed by atoms with Crippen LogP contribution in [-0.4, -0.2) is 47.9 Å². The molecule has 2 fully saturated rings. The topological polar surface area (TPSA) is 93.1 Å². The van der Waals surface area contributed by atoms with Crippen LogP contribution in [-0.2, 0) is 13.6 Å². The van der Waals surface area contributed by atoms with Crippen molar-refractivity contribution in [1.29, 1.82) is 0 Å². The van der Waals surface area contributed by atoms with Crippen molar-refractivity contribution < 1.29 is 5.11 Å². The molecule has 3 N–H and O–H groups in total. The highest BCUT2D eigenvalue weighted by molar-refractivity contribution is 5.84. The third-order valence-electron chi connectivity index (χ3n) is 4.85. The average Bonchev–Trinajstić information content (AvgIpc) is 2.91. The van der Waals surface area contributed by atoms with Crippen LogP contribution in [0.1, 0.15) is 31.5 Å². The Balaban J connectivity index is 1.64. The molecule has 112 valence electrons. The molecule has 0 radical (unpaired) electrons. The summed E-state index contributed by atoms with van der Waals surface area (Å²) in [5.74, 6) is 1.24. The van der Waals surface area contributed by atoms with E-state index in [1.165, 1.54) is 0 Å². The lowest BCUT2D eigenvalue weighted by Gasteiger charge is -2.36. The predicted molar refractivity (Wildman–Crippen MR) is 78.3 cm³/mol. The van der Waals surface area contributed by atoms with Gasteiger partial charge in [0.15, 0.2) is 5.65 Å². The summed E-state index contributed by atoms with van der Waals surface area (Å²) in [6, 6.07) is 0.900. The first kappa shape index (κ1) is 13.0. The number of anilines is 1. The van der Waals surface area contributed by atoms with E-state index in [1.54, 1.807) is 10.9 Å². The van der Waals surface area contributed by atoms with Gasteiger partial charge in [-0.05, 0) is 25.7 Å². The standard InChI is InChI=1S/C14H20N6O/c1-19-14-11(6-16-19)13(15)17-12(18-14)7-20-8-2-3-9(20)5-10(21)4-8/h6,8-10,21H,2-5,7H2,1H3,(H2,15,17,18). The zero-order chi connectivity index (χ0) is 14.6. The van der Waals surface area contributed by atoms with Crippen molar-refractivity contribution in [3.8, 4) is 0 Å². The second-order valence-corrected chi connectivity index (χ2v) is 6.21. The zero-order valence-corrected chi connectivity index (χ0v) is 12.1. The maximum absolute atomic E-state index is 9.88. The van der Waals surface area contributed by atoms with Gasteiger partial charge in [-0.2, -0.15) is 5.10 Å². The van der Waals surface area contributed by atoms with Crippen molar-refractivity contribution in [1.82, 2.24) is 24.6 Å². The lowest BCUT2D eigenvalue weighted by Crippen LogP contribution is -2.44. The van der Waals surface area contributed by atoms with E-state index in [2.05, 4.69) is 20.0 Å². The van der Waals surface area contributed by atoms with Gasteiger partial charge < -0.3 is 10.8 Å². The molecule has 2 aliphatic heterocycles. The van der Waals surface area contributed by atoms with Crippen LogP contribution in [0.4, 0.5) is 5.82 Å². The number of hydrogen-bond acceptors (Lipinski definition) is 6. The Morgan fingerprint density at radius 3 is 2.71 bits per heavy atom. The monoisotopic (exact) mass is 288 g/mol. The van der Waals surface area contributed by atoms with E-state index in [-0.39, 0.29) is 6.10 Å². The van der Waals surface area contributed by atoms with Crippen LogP contribution in [0, 0.1) is 0 Å². The molecule has 2 atom stereocenters. The molecule has 0 aliphatic carbocycles. The molecule has 2 unspecified atom stereocenters. The zero-order valence-electron chi connectivity index (χ0n) is 12.1. The lowest BCUT2D eigenvalue weighted by atomic mass is 10.00. The molecule has 2 saturated heterocycles. The number of nitrogens with zero attached hydrogens (tertiary/aromatic N) is 5. The van der Waals surface area contributed by atoms with Gasteiger partial charge in [0.2, 0.25) is 0 Å². The van der Waals surface area contributed by atoms with Gasteiger partial charge in [0.1, 0.15) is 11.6 Å². The van der Waals surface area contributed by atoms with Gasteiger partial charge in [0, 0.05) is 19.1 Å². The van der Waals surface area contributed by atoms with Gasteiger partial charge in [0.25, 0.3) is 0 Å². The van der Waals surface area contributed by atoms with E-state index >= 15 is 0 Å². The molecular weight excluding hydrogens is 268 g/mol. The molecule has 4 heterocycles. The summed E-state index contributed by atoms with van der Waals surface area (Å²) in [6.07, 6.45) is 5.59. The quantitative estimate of drug-likeness (QED) is 0.832. The van der Waals surface area contributed by atoms with Gasteiger partial charge in [-0.15, -0.1) is 0 Å². The number of nitrogen functional groups attached to an aromatic ring is 1. The Kier molecular flexibility index (Phi) is 2.87. The Morgan fingerprint density at radius 2 is 2.00 bits per heavy atom. The summed E-state index contributed by atoms with van der Waals surface area (Å²) in [5.41, 5.74) is 6.80. The summed E-state index contributed by atoms with van der Waals surface area (Å²) in [5, 5.41) is 14.9. The Morgan fingerprint density at radius 1 is 1.29 bits per heavy atom. The first-order valence-corrected chi connectivity index (χ1v) is 7.49. The van der Waals surface area contributed by atoms with E-state index in [0.29, 0.717) is 24.4 Å². The number of aliphatic hydroxyl groups excluding tert-OH is 1. The molecule has 0 spiro atoms. The van der Waals surface area contributed by atoms with E-state index in [0.717, 1.165) is 42.5 Å². The minimum Gasteiger partial charge on any atom is -0.393 e. The first-order valence-electron chi connectivity index (χ1n) is 7.49. The molecule has 2 bridgehead atoms. The predicted octanol–water partition coefficient (Wildman–Crippen LogP) is 0.433. The fourth-order valence-corrected chi connectivity index (χ4v) is 3.83. The van der Waals surface area contributed by atoms with Crippen LogP contribution in [0.25, 0.3) is 11.0 Å². The molecule has 7 nitrogen and oxygen atoms in total. The van der Waals surface area contributed by atoms with Crippen molar-refractivity contribution in [2.45, 2.75) is 50.4 Å². The molecule has 4 rings (SSSR count). The number of rotatable bonds is 2. The second kappa shape index (κ2) is 4.64. The third-order valence-corrected chi connectivity index (χ3v) is 4.85. The fourth-order valence-electron chi connectivity index (χ4n) is 3.83. The summed E-state index contributed by atoms with van der Waals surface area (Å²) in [7, 11) is 1.86. The summed E-state index contributed by atoms with van der Waals surface area (Å²) < 4.78 is 1.73. The molecular formula is C14H20N6O. The van der Waals surface area contributed by atoms with Crippen molar-refractivity contribution >= 4 is 16.9 Å². The minimum absolute atomic E-state index is 0.149. The van der Waals surface area contributed by atoms with Crippen molar-refractivity contribution in [2.24, 2.45) is 7.05 Å². The number of aliphatic hydroxyl groups is 1. The van der Waals surface area contributed by atoms with Crippen molar-refractivity contribution in [3.63, 3.8) is 0 Å². The Bertz CT molecular complexity index is 669. The highest BCUT2D eigenvalue weighted by Gasteiger charge is 2.40. The van der Waals surface area contributed by atoms with Gasteiger partial charge in [-0.1, -0.05) is 0 Å². The summed E-state index contributed by atoms with van der Waals surface area (Å²) >= 11 is 0. The molecule has 7 heteroatoms. The summed E-state index contributed by atoms with van der Waals surface area (Å²) in [6.45, 7) is 0.702. The molecule has 2 aromatic heterocycles. The van der Waals surface area contributed by atoms with Crippen LogP contribution in [0.3, 0.4) is 0 Å². The number of fused-ring (bicyclic) bond motifs is 3. The normalized spacial score (nSPS) is 29.3. The highest BCUT2D eigenvalue weighted by atomic mass is 16.3. The molecule has 0 amide bonds. The van der Waals surface area contributed by atoms with Gasteiger partial charge >= 0.3 is 0 Å². The maximum atomic E-state index is 9.88. The smallest absolute Gasteiger partial charge is 0.163 e. The van der Waals surface area contributed by atoms with Crippen LogP contribution < -0.4 is 5.73 Å². The average molecular weight is 288 g/mol. The third kappa shape index (κ3) is 2.08. The number of hydrogen-bond donors (Lipinski definition) is 2. The van der Waals surface area contributed by atoms with E-state index in [9.17, 15) is 5.11 Å². The Hall–Kier alpha value is -1.73. The largest absolute Gasteiger partial charge is 0.393 e. The maximum Gasteiger partial charge on any atom is 0.163 e. The molecule has 0 saturated carbocycles. The van der Waals surface area contributed by atoms with Crippen LogP contribution >= 0.6 is 0 Å². The van der Waals surface area contributed by atoms with Crippen molar-refractivity contribution in [2.75, 3.05) is 5.73 Å². The van der Waals surface area contributed by atoms with Gasteiger partial charge in [-0.25, -0.2) is 9.97 Å².